The molecule has 3 N–H and O–H groups in total. The number of halogens is 1. The summed E-state index contributed by atoms with van der Waals surface area (Å²) in [6, 6.07) is 11.6. The quantitative estimate of drug-likeness (QED) is 0.380. The van der Waals surface area contributed by atoms with Gasteiger partial charge in [0.2, 0.25) is 0 Å². The molecule has 19 heavy (non-hydrogen) atoms. The summed E-state index contributed by atoms with van der Waals surface area (Å²) in [6.07, 6.45) is 4.51. The van der Waals surface area contributed by atoms with Gasteiger partial charge in [-0.2, -0.15) is 10.2 Å². The Labute approximate surface area is 116 Å². The van der Waals surface area contributed by atoms with Crippen molar-refractivity contribution < 1.29 is 0 Å². The van der Waals surface area contributed by atoms with Crippen molar-refractivity contribution in [3.05, 3.63) is 58.9 Å². The Kier molecular flexibility index (Phi) is 4.33. The van der Waals surface area contributed by atoms with E-state index in [0.717, 1.165) is 34.3 Å². The third kappa shape index (κ3) is 3.67. The molecule has 2 aromatic rings. The Balaban J connectivity index is 2.13. The van der Waals surface area contributed by atoms with Crippen molar-refractivity contribution in [3.63, 3.8) is 0 Å². The molecule has 0 spiro atoms. The summed E-state index contributed by atoms with van der Waals surface area (Å²) < 4.78 is 2.03. The highest BCUT2D eigenvalue weighted by molar-refractivity contribution is 6.30. The van der Waals surface area contributed by atoms with Gasteiger partial charge >= 0.3 is 0 Å². The van der Waals surface area contributed by atoms with Crippen molar-refractivity contribution in [2.75, 3.05) is 0 Å². The van der Waals surface area contributed by atoms with Crippen LogP contribution < -0.4 is 5.84 Å². The molecule has 0 saturated heterocycles. The van der Waals surface area contributed by atoms with Gasteiger partial charge in [0, 0.05) is 17.8 Å². The summed E-state index contributed by atoms with van der Waals surface area (Å²) in [7, 11) is 0. The van der Waals surface area contributed by atoms with Crippen LogP contribution in [0.1, 0.15) is 11.3 Å². The van der Waals surface area contributed by atoms with E-state index in [4.69, 9.17) is 22.9 Å². The van der Waals surface area contributed by atoms with Crippen molar-refractivity contribution in [2.45, 2.75) is 6.54 Å². The first-order valence-electron chi connectivity index (χ1n) is 5.67. The van der Waals surface area contributed by atoms with Gasteiger partial charge in [0.15, 0.2) is 0 Å². The highest BCUT2D eigenvalue weighted by Gasteiger charge is 2.00. The minimum absolute atomic E-state index is 0.723. The molecule has 1 heterocycles. The maximum absolute atomic E-state index is 6.93. The molecule has 2 rings (SSSR count). The Morgan fingerprint density at radius 3 is 2.74 bits per heavy atom. The number of hydrazine groups is 1. The lowest BCUT2D eigenvalue weighted by molar-refractivity contribution is 0.485. The second-order valence-electron chi connectivity index (χ2n) is 3.94. The summed E-state index contributed by atoms with van der Waals surface area (Å²) in [5, 5.41) is 12.5. The number of rotatable bonds is 5. The van der Waals surface area contributed by atoms with E-state index in [1.807, 2.05) is 47.2 Å². The smallest absolute Gasteiger partial charge is 0.121 e. The number of nitrogens with zero attached hydrogens (tertiary/aromatic N) is 3. The monoisotopic (exact) mass is 275 g/mol. The Hall–Kier alpha value is -2.11. The molecule has 0 aliphatic rings. The van der Waals surface area contributed by atoms with Crippen LogP contribution in [0.4, 0.5) is 0 Å². The first-order valence-corrected chi connectivity index (χ1v) is 6.05. The topological polar surface area (TPSA) is 70.4 Å². The largest absolute Gasteiger partial charge is 0.342 e. The van der Waals surface area contributed by atoms with Gasteiger partial charge in [-0.05, 0) is 29.8 Å². The summed E-state index contributed by atoms with van der Waals surface area (Å²) >= 11 is 5.86. The predicted octanol–water partition coefficient (Wildman–Crippen LogP) is 2.31. The zero-order chi connectivity index (χ0) is 13.7. The molecule has 0 saturated carbocycles. The maximum atomic E-state index is 6.93. The zero-order valence-corrected chi connectivity index (χ0v) is 11.0. The molecular formula is C13H14ClN5. The van der Waals surface area contributed by atoms with E-state index in [-0.39, 0.29) is 0 Å². The minimum atomic E-state index is 0.723. The number of hydrogen-bond acceptors (Lipinski definition) is 3. The number of hydrogen-bond donors (Lipinski definition) is 2. The van der Waals surface area contributed by atoms with Crippen molar-refractivity contribution >= 4 is 24.2 Å². The van der Waals surface area contributed by atoms with Gasteiger partial charge in [-0.1, -0.05) is 23.7 Å². The van der Waals surface area contributed by atoms with Crippen LogP contribution in [-0.2, 0) is 6.54 Å². The summed E-state index contributed by atoms with van der Waals surface area (Å²) in [5.41, 5.74) is 2.05. The molecule has 0 atom stereocenters. The fraction of sp³-hybridized carbons (Fsp3) is 0.0769. The zero-order valence-electron chi connectivity index (χ0n) is 10.2. The molecule has 0 radical (unpaired) electrons. The van der Waals surface area contributed by atoms with Gasteiger partial charge in [0.25, 0.3) is 0 Å². The van der Waals surface area contributed by atoms with Crippen LogP contribution >= 0.6 is 11.6 Å². The molecule has 0 amide bonds. The lowest BCUT2D eigenvalue weighted by atomic mass is 10.2. The van der Waals surface area contributed by atoms with Gasteiger partial charge in [0.05, 0.1) is 11.9 Å². The van der Waals surface area contributed by atoms with Crippen LogP contribution in [-0.4, -0.2) is 22.2 Å². The second kappa shape index (κ2) is 6.17. The SMILES string of the molecule is N=CN(N)/N=C/c1cccn1Cc1ccc(Cl)cc1. The molecule has 6 heteroatoms. The summed E-state index contributed by atoms with van der Waals surface area (Å²) in [5.74, 6) is 5.38. The molecule has 0 aliphatic carbocycles. The van der Waals surface area contributed by atoms with E-state index in [9.17, 15) is 0 Å². The van der Waals surface area contributed by atoms with E-state index in [0.29, 0.717) is 0 Å². The Morgan fingerprint density at radius 2 is 2.05 bits per heavy atom. The summed E-state index contributed by atoms with van der Waals surface area (Å²) in [6.45, 7) is 0.723. The average molecular weight is 276 g/mol. The highest BCUT2D eigenvalue weighted by Crippen LogP contribution is 2.11. The third-order valence-electron chi connectivity index (χ3n) is 2.59. The fourth-order valence-electron chi connectivity index (χ4n) is 1.63. The molecular weight excluding hydrogens is 262 g/mol. The molecule has 1 aromatic carbocycles. The summed E-state index contributed by atoms with van der Waals surface area (Å²) in [4.78, 5) is 0. The van der Waals surface area contributed by atoms with Crippen LogP contribution in [0.5, 0.6) is 0 Å². The number of aromatic nitrogens is 1. The number of hydrazone groups is 1. The Morgan fingerprint density at radius 1 is 1.32 bits per heavy atom. The highest BCUT2D eigenvalue weighted by atomic mass is 35.5. The molecule has 0 fully saturated rings. The number of nitrogens with one attached hydrogen (secondary N) is 1. The number of benzene rings is 1. The molecule has 0 aliphatic heterocycles. The minimum Gasteiger partial charge on any atom is -0.342 e. The maximum Gasteiger partial charge on any atom is 0.121 e. The van der Waals surface area contributed by atoms with Gasteiger partial charge in [-0.25, -0.2) is 5.84 Å². The van der Waals surface area contributed by atoms with E-state index < -0.39 is 0 Å². The standard InChI is InChI=1S/C13H14ClN5/c14-12-5-3-11(4-6-12)9-18-7-1-2-13(18)8-17-19(16)10-15/h1-8,10,15H,9,16H2/b15-10?,17-8+. The van der Waals surface area contributed by atoms with Crippen molar-refractivity contribution in [1.82, 2.24) is 9.69 Å². The van der Waals surface area contributed by atoms with Crippen molar-refractivity contribution in [3.8, 4) is 0 Å². The second-order valence-corrected chi connectivity index (χ2v) is 4.38. The molecule has 5 nitrogen and oxygen atoms in total. The van der Waals surface area contributed by atoms with E-state index in [1.165, 1.54) is 0 Å². The van der Waals surface area contributed by atoms with Crippen LogP contribution in [0.15, 0.2) is 47.7 Å². The van der Waals surface area contributed by atoms with Crippen molar-refractivity contribution in [2.24, 2.45) is 10.9 Å². The van der Waals surface area contributed by atoms with E-state index in [2.05, 4.69) is 5.10 Å². The first kappa shape index (κ1) is 13.3. The van der Waals surface area contributed by atoms with Crippen LogP contribution in [0.25, 0.3) is 0 Å². The van der Waals surface area contributed by atoms with Crippen LogP contribution in [0.3, 0.4) is 0 Å². The van der Waals surface area contributed by atoms with E-state index >= 15 is 0 Å². The van der Waals surface area contributed by atoms with Crippen LogP contribution in [0.2, 0.25) is 5.02 Å². The molecule has 1 aromatic heterocycles. The molecule has 0 unspecified atom stereocenters. The average Bonchev–Trinajstić information content (AvgIpc) is 2.86. The normalized spacial score (nSPS) is 10.8. The fourth-order valence-corrected chi connectivity index (χ4v) is 1.76. The first-order chi connectivity index (χ1) is 9.19. The lowest BCUT2D eigenvalue weighted by Gasteiger charge is -2.07. The molecule has 0 bridgehead atoms. The van der Waals surface area contributed by atoms with Gasteiger partial charge in [-0.15, -0.1) is 0 Å². The lowest BCUT2D eigenvalue weighted by Crippen LogP contribution is -2.22. The van der Waals surface area contributed by atoms with Gasteiger partial charge < -0.3 is 4.57 Å². The van der Waals surface area contributed by atoms with Crippen molar-refractivity contribution in [1.29, 1.82) is 5.41 Å². The molecule has 98 valence electrons. The third-order valence-corrected chi connectivity index (χ3v) is 2.84. The Bertz CT molecular complexity index is 573. The van der Waals surface area contributed by atoms with Crippen LogP contribution in [0, 0.1) is 5.41 Å². The predicted molar refractivity (Wildman–Crippen MR) is 77.4 cm³/mol. The number of nitrogens with two attached hydrogens (primary N) is 1. The van der Waals surface area contributed by atoms with E-state index in [1.54, 1.807) is 6.21 Å². The van der Waals surface area contributed by atoms with Gasteiger partial charge in [-0.3, -0.25) is 5.41 Å². The van der Waals surface area contributed by atoms with Gasteiger partial charge in [0.1, 0.15) is 6.34 Å².